The minimum atomic E-state index is -0.567. The van der Waals surface area contributed by atoms with Crippen LogP contribution in [0.15, 0.2) is 28.4 Å². The van der Waals surface area contributed by atoms with Crippen LogP contribution in [0.3, 0.4) is 0 Å². The van der Waals surface area contributed by atoms with Gasteiger partial charge in [-0.15, -0.1) is 0 Å². The second-order valence-electron chi connectivity index (χ2n) is 3.83. The highest BCUT2D eigenvalue weighted by Crippen LogP contribution is 2.36. The quantitative estimate of drug-likeness (QED) is 0.477. The number of ether oxygens (including phenoxy) is 1. The Morgan fingerprint density at radius 1 is 1.52 bits per heavy atom. The molecule has 8 heteroatoms. The summed E-state index contributed by atoms with van der Waals surface area (Å²) in [5.41, 5.74) is -0.252. The number of anilines is 1. The molecule has 1 rings (SSSR count). The van der Waals surface area contributed by atoms with E-state index >= 15 is 0 Å². The molecule has 21 heavy (non-hydrogen) atoms. The predicted octanol–water partition coefficient (Wildman–Crippen LogP) is 3.49. The fourth-order valence-corrected chi connectivity index (χ4v) is 1.82. The fraction of sp³-hybridized carbons (Fsp3) is 0.231. The van der Waals surface area contributed by atoms with Gasteiger partial charge in [0.25, 0.3) is 5.69 Å². The molecular weight excluding hydrogens is 340 g/mol. The van der Waals surface area contributed by atoms with Crippen LogP contribution in [0.2, 0.25) is 0 Å². The SMILES string of the molecule is CCCOc1cc(NC=C(C#N)C#N)c([N+](=O)[O-])cc1Br. The van der Waals surface area contributed by atoms with Gasteiger partial charge in [0.05, 0.1) is 16.0 Å². The van der Waals surface area contributed by atoms with Crippen molar-refractivity contribution >= 4 is 27.3 Å². The molecule has 0 spiro atoms. The maximum atomic E-state index is 11.0. The van der Waals surface area contributed by atoms with Gasteiger partial charge in [0.2, 0.25) is 0 Å². The van der Waals surface area contributed by atoms with Crippen LogP contribution in [0.1, 0.15) is 13.3 Å². The number of hydrogen-bond donors (Lipinski definition) is 1. The lowest BCUT2D eigenvalue weighted by atomic mass is 10.2. The van der Waals surface area contributed by atoms with Crippen molar-refractivity contribution in [2.24, 2.45) is 0 Å². The number of benzene rings is 1. The third kappa shape index (κ3) is 4.48. The van der Waals surface area contributed by atoms with E-state index in [4.69, 9.17) is 15.3 Å². The van der Waals surface area contributed by atoms with Gasteiger partial charge in [-0.2, -0.15) is 10.5 Å². The van der Waals surface area contributed by atoms with Gasteiger partial charge in [0.15, 0.2) is 0 Å². The molecule has 0 aromatic heterocycles. The van der Waals surface area contributed by atoms with E-state index < -0.39 is 4.92 Å². The summed E-state index contributed by atoms with van der Waals surface area (Å²) in [6, 6.07) is 6.07. The molecule has 0 fully saturated rings. The van der Waals surface area contributed by atoms with E-state index in [9.17, 15) is 10.1 Å². The van der Waals surface area contributed by atoms with Crippen LogP contribution in [-0.2, 0) is 0 Å². The normalized spacial score (nSPS) is 9.14. The first kappa shape index (κ1) is 16.5. The number of allylic oxidation sites excluding steroid dienone is 1. The van der Waals surface area contributed by atoms with Gasteiger partial charge in [0.1, 0.15) is 29.1 Å². The highest BCUT2D eigenvalue weighted by atomic mass is 79.9. The summed E-state index contributed by atoms with van der Waals surface area (Å²) in [5, 5.41) is 30.9. The zero-order valence-corrected chi connectivity index (χ0v) is 12.7. The molecule has 0 atom stereocenters. The molecule has 0 saturated heterocycles. The van der Waals surface area contributed by atoms with Crippen LogP contribution in [0.5, 0.6) is 5.75 Å². The van der Waals surface area contributed by atoms with Gasteiger partial charge in [-0.1, -0.05) is 6.92 Å². The Kier molecular flexibility index (Phi) is 6.18. The third-order valence-electron chi connectivity index (χ3n) is 2.32. The number of nitrogens with one attached hydrogen (secondary N) is 1. The van der Waals surface area contributed by atoms with Crippen molar-refractivity contribution in [2.75, 3.05) is 11.9 Å². The molecule has 1 N–H and O–H groups in total. The van der Waals surface area contributed by atoms with Gasteiger partial charge in [-0.3, -0.25) is 10.1 Å². The second kappa shape index (κ2) is 7.88. The average Bonchev–Trinajstić information content (AvgIpc) is 2.47. The third-order valence-corrected chi connectivity index (χ3v) is 2.94. The molecule has 0 aliphatic heterocycles. The number of nitrogens with zero attached hydrogens (tertiary/aromatic N) is 3. The molecule has 0 aliphatic rings. The largest absolute Gasteiger partial charge is 0.492 e. The van der Waals surface area contributed by atoms with Gasteiger partial charge in [-0.25, -0.2) is 0 Å². The number of nitro benzene ring substituents is 1. The molecule has 1 aromatic rings. The zero-order chi connectivity index (χ0) is 15.8. The van der Waals surface area contributed by atoms with Crippen LogP contribution in [0.25, 0.3) is 0 Å². The Balaban J connectivity index is 3.21. The number of rotatable bonds is 6. The second-order valence-corrected chi connectivity index (χ2v) is 4.69. The topological polar surface area (TPSA) is 112 Å². The predicted molar refractivity (Wildman–Crippen MR) is 79.5 cm³/mol. The van der Waals surface area contributed by atoms with Crippen LogP contribution in [0.4, 0.5) is 11.4 Å². The van der Waals surface area contributed by atoms with Crippen molar-refractivity contribution in [1.82, 2.24) is 0 Å². The van der Waals surface area contributed by atoms with E-state index in [1.807, 2.05) is 6.92 Å². The van der Waals surface area contributed by atoms with Gasteiger partial charge in [-0.05, 0) is 22.4 Å². The average molecular weight is 351 g/mol. The minimum absolute atomic E-state index is 0.136. The van der Waals surface area contributed by atoms with Crippen molar-refractivity contribution in [3.05, 3.63) is 38.5 Å². The molecule has 0 heterocycles. The summed E-state index contributed by atoms with van der Waals surface area (Å²) in [5.74, 6) is 0.439. The Labute approximate surface area is 129 Å². The van der Waals surface area contributed by atoms with Gasteiger partial charge >= 0.3 is 0 Å². The van der Waals surface area contributed by atoms with Crippen molar-refractivity contribution in [3.8, 4) is 17.9 Å². The Bertz CT molecular complexity index is 643. The Morgan fingerprint density at radius 3 is 2.71 bits per heavy atom. The Hall–Kier alpha value is -2.58. The van der Waals surface area contributed by atoms with E-state index in [1.165, 1.54) is 12.1 Å². The molecule has 0 radical (unpaired) electrons. The highest BCUT2D eigenvalue weighted by molar-refractivity contribution is 9.10. The molecule has 0 saturated carbocycles. The minimum Gasteiger partial charge on any atom is -0.492 e. The molecular formula is C13H11BrN4O3. The number of hydrogen-bond acceptors (Lipinski definition) is 6. The highest BCUT2D eigenvalue weighted by Gasteiger charge is 2.17. The summed E-state index contributed by atoms with van der Waals surface area (Å²) in [4.78, 5) is 10.5. The lowest BCUT2D eigenvalue weighted by Gasteiger charge is -2.10. The van der Waals surface area contributed by atoms with Crippen LogP contribution in [0, 0.1) is 32.8 Å². The summed E-state index contributed by atoms with van der Waals surface area (Å²) in [6.45, 7) is 2.40. The zero-order valence-electron chi connectivity index (χ0n) is 11.1. The van der Waals surface area contributed by atoms with Crippen LogP contribution in [-0.4, -0.2) is 11.5 Å². The van der Waals surface area contributed by atoms with E-state index in [-0.39, 0.29) is 16.9 Å². The molecule has 7 nitrogen and oxygen atoms in total. The fourth-order valence-electron chi connectivity index (χ4n) is 1.37. The maximum Gasteiger partial charge on any atom is 0.294 e. The first-order valence-corrected chi connectivity index (χ1v) is 6.70. The molecule has 0 amide bonds. The molecule has 0 unspecified atom stereocenters. The Morgan fingerprint density at radius 2 is 2.19 bits per heavy atom. The first-order valence-electron chi connectivity index (χ1n) is 5.91. The standard InChI is InChI=1S/C13H11BrN4O3/c1-2-3-21-13-5-11(17-8-9(6-15)7-16)12(18(19)20)4-10(13)14/h4-5,8,17H,2-3H2,1H3. The van der Waals surface area contributed by atoms with Crippen molar-refractivity contribution in [2.45, 2.75) is 13.3 Å². The summed E-state index contributed by atoms with van der Waals surface area (Å²) in [6.07, 6.45) is 1.90. The summed E-state index contributed by atoms with van der Waals surface area (Å²) in [7, 11) is 0. The molecule has 108 valence electrons. The van der Waals surface area contributed by atoms with E-state index in [2.05, 4.69) is 21.2 Å². The maximum absolute atomic E-state index is 11.0. The lowest BCUT2D eigenvalue weighted by molar-refractivity contribution is -0.384. The first-order chi connectivity index (χ1) is 10.0. The molecule has 1 aromatic carbocycles. The van der Waals surface area contributed by atoms with Crippen molar-refractivity contribution in [1.29, 1.82) is 10.5 Å². The van der Waals surface area contributed by atoms with Crippen molar-refractivity contribution in [3.63, 3.8) is 0 Å². The lowest BCUT2D eigenvalue weighted by Crippen LogP contribution is -2.01. The van der Waals surface area contributed by atoms with E-state index in [0.717, 1.165) is 12.6 Å². The smallest absolute Gasteiger partial charge is 0.294 e. The van der Waals surface area contributed by atoms with E-state index in [0.29, 0.717) is 16.8 Å². The van der Waals surface area contributed by atoms with Crippen LogP contribution < -0.4 is 10.1 Å². The van der Waals surface area contributed by atoms with E-state index in [1.54, 1.807) is 12.1 Å². The number of halogens is 1. The van der Waals surface area contributed by atoms with Gasteiger partial charge in [0, 0.05) is 18.3 Å². The van der Waals surface area contributed by atoms with Gasteiger partial charge < -0.3 is 10.1 Å². The van der Waals surface area contributed by atoms with Crippen LogP contribution >= 0.6 is 15.9 Å². The summed E-state index contributed by atoms with van der Waals surface area (Å²) < 4.78 is 5.92. The number of nitriles is 2. The summed E-state index contributed by atoms with van der Waals surface area (Å²) >= 11 is 3.21. The molecule has 0 bridgehead atoms. The molecule has 0 aliphatic carbocycles. The number of nitro groups is 1. The monoisotopic (exact) mass is 350 g/mol. The van der Waals surface area contributed by atoms with Crippen molar-refractivity contribution < 1.29 is 9.66 Å².